The molecule has 0 aromatic carbocycles. The Morgan fingerprint density at radius 1 is 1.35 bits per heavy atom. The quantitative estimate of drug-likeness (QED) is 0.869. The summed E-state index contributed by atoms with van der Waals surface area (Å²) in [6.07, 6.45) is 11.6. The van der Waals surface area contributed by atoms with Crippen LogP contribution in [-0.4, -0.2) is 21.6 Å². The third kappa shape index (κ3) is 2.89. The van der Waals surface area contributed by atoms with Crippen molar-refractivity contribution in [3.63, 3.8) is 0 Å². The zero-order valence-corrected chi connectivity index (χ0v) is 11.2. The van der Waals surface area contributed by atoms with Gasteiger partial charge < -0.3 is 9.88 Å². The van der Waals surface area contributed by atoms with E-state index in [1.165, 1.54) is 44.5 Å². The first-order valence-electron chi connectivity index (χ1n) is 7.05. The first-order valence-corrected chi connectivity index (χ1v) is 7.05. The number of nitrogens with one attached hydrogen (secondary N) is 1. The van der Waals surface area contributed by atoms with Crippen molar-refractivity contribution in [3.05, 3.63) is 18.2 Å². The maximum atomic E-state index is 4.53. The summed E-state index contributed by atoms with van der Waals surface area (Å²) in [5.74, 6) is 1.24. The van der Waals surface area contributed by atoms with Crippen LogP contribution in [0.15, 0.2) is 12.4 Å². The van der Waals surface area contributed by atoms with Crippen molar-refractivity contribution in [2.75, 3.05) is 6.54 Å². The molecule has 0 amide bonds. The largest absolute Gasteiger partial charge is 0.335 e. The zero-order valence-electron chi connectivity index (χ0n) is 11.2. The molecule has 1 aliphatic rings. The molecular weight excluding hydrogens is 210 g/mol. The van der Waals surface area contributed by atoms with Crippen LogP contribution in [0.2, 0.25) is 0 Å². The maximum Gasteiger partial charge on any atom is 0.110 e. The molecule has 1 saturated heterocycles. The van der Waals surface area contributed by atoms with Gasteiger partial charge in [0.05, 0.1) is 0 Å². The average molecular weight is 235 g/mol. The number of aromatic nitrogens is 2. The summed E-state index contributed by atoms with van der Waals surface area (Å²) < 4.78 is 2.27. The lowest BCUT2D eigenvalue weighted by atomic mass is 9.87. The second-order valence-electron chi connectivity index (χ2n) is 5.18. The molecule has 0 bridgehead atoms. The summed E-state index contributed by atoms with van der Waals surface area (Å²) in [5.41, 5.74) is 0.286. The molecule has 1 aromatic heterocycles. The molecule has 0 aliphatic carbocycles. The third-order valence-electron chi connectivity index (χ3n) is 4.15. The second-order valence-corrected chi connectivity index (χ2v) is 5.18. The summed E-state index contributed by atoms with van der Waals surface area (Å²) >= 11 is 0. The van der Waals surface area contributed by atoms with Crippen molar-refractivity contribution in [1.29, 1.82) is 0 Å². The zero-order chi connectivity index (χ0) is 12.1. The molecule has 96 valence electrons. The summed E-state index contributed by atoms with van der Waals surface area (Å²) in [6, 6.07) is 0. The van der Waals surface area contributed by atoms with E-state index in [4.69, 9.17) is 0 Å². The molecule has 0 spiro atoms. The standard InChI is InChI=1S/C14H25N3/c1-3-14(8-6-5-7-9-16-14)12-13-15-10-11-17(13)4-2/h10-11,16H,3-9,12H2,1-2H3. The van der Waals surface area contributed by atoms with Gasteiger partial charge in [-0.3, -0.25) is 0 Å². The predicted octanol–water partition coefficient (Wildman–Crippen LogP) is 2.76. The fourth-order valence-electron chi connectivity index (χ4n) is 2.88. The maximum absolute atomic E-state index is 4.53. The van der Waals surface area contributed by atoms with Crippen LogP contribution in [0, 0.1) is 0 Å². The lowest BCUT2D eigenvalue weighted by Crippen LogP contribution is -2.46. The number of imidazole rings is 1. The Bertz CT molecular complexity index is 335. The SMILES string of the molecule is CCn1ccnc1CC1(CC)CCCCCN1. The monoisotopic (exact) mass is 235 g/mol. The first kappa shape index (κ1) is 12.6. The van der Waals surface area contributed by atoms with E-state index in [0.29, 0.717) is 0 Å². The molecule has 1 fully saturated rings. The average Bonchev–Trinajstić information content (AvgIpc) is 2.66. The number of hydrogen-bond donors (Lipinski definition) is 1. The molecule has 3 nitrogen and oxygen atoms in total. The van der Waals surface area contributed by atoms with Crippen molar-refractivity contribution >= 4 is 0 Å². The van der Waals surface area contributed by atoms with Gasteiger partial charge in [0.15, 0.2) is 0 Å². The van der Waals surface area contributed by atoms with Crippen molar-refractivity contribution in [3.8, 4) is 0 Å². The molecule has 2 rings (SSSR count). The topological polar surface area (TPSA) is 29.9 Å². The Balaban J connectivity index is 2.12. The van der Waals surface area contributed by atoms with E-state index < -0.39 is 0 Å². The number of rotatable bonds is 4. The Labute approximate surface area is 105 Å². The van der Waals surface area contributed by atoms with E-state index in [1.54, 1.807) is 0 Å². The van der Waals surface area contributed by atoms with Crippen LogP contribution in [0.3, 0.4) is 0 Å². The van der Waals surface area contributed by atoms with Gasteiger partial charge in [0.2, 0.25) is 0 Å². The van der Waals surface area contributed by atoms with Crippen LogP contribution in [0.25, 0.3) is 0 Å². The van der Waals surface area contributed by atoms with Crippen molar-refractivity contribution in [2.24, 2.45) is 0 Å². The van der Waals surface area contributed by atoms with Gasteiger partial charge in [-0.2, -0.15) is 0 Å². The van der Waals surface area contributed by atoms with Gasteiger partial charge in [-0.25, -0.2) is 4.98 Å². The molecule has 1 atom stereocenters. The van der Waals surface area contributed by atoms with Crippen molar-refractivity contribution < 1.29 is 0 Å². The van der Waals surface area contributed by atoms with Gasteiger partial charge in [0.25, 0.3) is 0 Å². The van der Waals surface area contributed by atoms with Crippen LogP contribution >= 0.6 is 0 Å². The van der Waals surface area contributed by atoms with Gasteiger partial charge in [0, 0.05) is 30.9 Å². The van der Waals surface area contributed by atoms with Gasteiger partial charge in [-0.1, -0.05) is 19.8 Å². The molecule has 1 N–H and O–H groups in total. The lowest BCUT2D eigenvalue weighted by Gasteiger charge is -2.32. The van der Waals surface area contributed by atoms with Crippen molar-refractivity contribution in [2.45, 2.75) is 64.5 Å². The van der Waals surface area contributed by atoms with Crippen molar-refractivity contribution in [1.82, 2.24) is 14.9 Å². The van der Waals surface area contributed by atoms with E-state index in [0.717, 1.165) is 13.0 Å². The van der Waals surface area contributed by atoms with E-state index in [1.807, 2.05) is 6.20 Å². The molecule has 2 heterocycles. The van der Waals surface area contributed by atoms with Gasteiger partial charge in [0.1, 0.15) is 5.82 Å². The first-order chi connectivity index (χ1) is 8.29. The Morgan fingerprint density at radius 2 is 2.24 bits per heavy atom. The highest BCUT2D eigenvalue weighted by molar-refractivity contribution is 5.02. The highest BCUT2D eigenvalue weighted by Gasteiger charge is 2.30. The molecule has 3 heteroatoms. The summed E-state index contributed by atoms with van der Waals surface area (Å²) in [5, 5.41) is 3.78. The Morgan fingerprint density at radius 3 is 3.00 bits per heavy atom. The van der Waals surface area contributed by atoms with Crippen LogP contribution < -0.4 is 5.32 Å². The molecule has 0 radical (unpaired) electrons. The molecule has 1 aromatic rings. The predicted molar refractivity (Wildman–Crippen MR) is 71.1 cm³/mol. The Kier molecular flexibility index (Phi) is 4.21. The third-order valence-corrected chi connectivity index (χ3v) is 4.15. The van der Waals surface area contributed by atoms with Crippen LogP contribution in [0.5, 0.6) is 0 Å². The summed E-state index contributed by atoms with van der Waals surface area (Å²) in [7, 11) is 0. The van der Waals surface area contributed by atoms with E-state index in [9.17, 15) is 0 Å². The molecular formula is C14H25N3. The highest BCUT2D eigenvalue weighted by Crippen LogP contribution is 2.26. The van der Waals surface area contributed by atoms with Gasteiger partial charge in [-0.15, -0.1) is 0 Å². The molecule has 1 aliphatic heterocycles. The lowest BCUT2D eigenvalue weighted by molar-refractivity contribution is 0.293. The molecule has 17 heavy (non-hydrogen) atoms. The van der Waals surface area contributed by atoms with Gasteiger partial charge in [-0.05, 0) is 32.7 Å². The fourth-order valence-corrected chi connectivity index (χ4v) is 2.88. The van der Waals surface area contributed by atoms with Gasteiger partial charge >= 0.3 is 0 Å². The minimum atomic E-state index is 0.286. The highest BCUT2D eigenvalue weighted by atomic mass is 15.1. The summed E-state index contributed by atoms with van der Waals surface area (Å²) in [4.78, 5) is 4.53. The fraction of sp³-hybridized carbons (Fsp3) is 0.786. The normalized spacial score (nSPS) is 25.8. The minimum Gasteiger partial charge on any atom is -0.335 e. The molecule has 1 unspecified atom stereocenters. The van der Waals surface area contributed by atoms with E-state index in [2.05, 4.69) is 34.9 Å². The van der Waals surface area contributed by atoms with E-state index in [-0.39, 0.29) is 5.54 Å². The number of hydrogen-bond acceptors (Lipinski definition) is 2. The minimum absolute atomic E-state index is 0.286. The summed E-state index contributed by atoms with van der Waals surface area (Å²) in [6.45, 7) is 6.68. The number of nitrogens with zero attached hydrogens (tertiary/aromatic N) is 2. The molecule has 0 saturated carbocycles. The smallest absolute Gasteiger partial charge is 0.110 e. The van der Waals surface area contributed by atoms with Crippen LogP contribution in [0.4, 0.5) is 0 Å². The second kappa shape index (κ2) is 5.67. The van der Waals surface area contributed by atoms with E-state index >= 15 is 0 Å². The number of aryl methyl sites for hydroxylation is 1. The van der Waals surface area contributed by atoms with Crippen LogP contribution in [-0.2, 0) is 13.0 Å². The Hall–Kier alpha value is -0.830. The van der Waals surface area contributed by atoms with Crippen LogP contribution in [0.1, 0.15) is 51.8 Å².